The summed E-state index contributed by atoms with van der Waals surface area (Å²) in [6.45, 7) is 3.09. The summed E-state index contributed by atoms with van der Waals surface area (Å²) in [5.74, 6) is 2.84. The Morgan fingerprint density at radius 2 is 1.67 bits per heavy atom. The standard InChI is InChI=1S/C24H31NO5/c1-5-6-11-24(26)25-13-12-17-14-22(28-3)23(29-4)15-18(17)19(25)16-30-21-10-8-7-9-20(21)27-2/h7-10,14-15,19H,5-6,11-13,16H2,1-4H3. The Kier molecular flexibility index (Phi) is 7.44. The van der Waals surface area contributed by atoms with E-state index in [1.807, 2.05) is 41.3 Å². The van der Waals surface area contributed by atoms with E-state index in [2.05, 4.69) is 6.92 Å². The first-order chi connectivity index (χ1) is 14.6. The second-order valence-corrected chi connectivity index (χ2v) is 7.32. The fourth-order valence-corrected chi connectivity index (χ4v) is 3.88. The molecule has 0 spiro atoms. The summed E-state index contributed by atoms with van der Waals surface area (Å²) in [6.07, 6.45) is 3.20. The number of methoxy groups -OCH3 is 3. The molecule has 0 saturated heterocycles. The zero-order valence-corrected chi connectivity index (χ0v) is 18.3. The van der Waals surface area contributed by atoms with E-state index in [9.17, 15) is 4.79 Å². The topological polar surface area (TPSA) is 57.2 Å². The molecule has 2 aromatic carbocycles. The van der Waals surface area contributed by atoms with Crippen LogP contribution in [0.5, 0.6) is 23.0 Å². The van der Waals surface area contributed by atoms with Gasteiger partial charge in [0.1, 0.15) is 6.61 Å². The van der Waals surface area contributed by atoms with Crippen LogP contribution < -0.4 is 18.9 Å². The number of benzene rings is 2. The highest BCUT2D eigenvalue weighted by Crippen LogP contribution is 2.39. The number of unbranched alkanes of at least 4 members (excludes halogenated alkanes) is 1. The number of fused-ring (bicyclic) bond motifs is 1. The van der Waals surface area contributed by atoms with Crippen LogP contribution in [-0.4, -0.2) is 45.3 Å². The van der Waals surface area contributed by atoms with Crippen molar-refractivity contribution >= 4 is 5.91 Å². The molecule has 0 N–H and O–H groups in total. The minimum atomic E-state index is -0.206. The van der Waals surface area contributed by atoms with Gasteiger partial charge in [-0.15, -0.1) is 0 Å². The lowest BCUT2D eigenvalue weighted by Crippen LogP contribution is -2.42. The maximum absolute atomic E-state index is 13.0. The minimum Gasteiger partial charge on any atom is -0.493 e. The van der Waals surface area contributed by atoms with Crippen molar-refractivity contribution in [3.63, 3.8) is 0 Å². The lowest BCUT2D eigenvalue weighted by molar-refractivity contribution is -0.135. The molecule has 1 unspecified atom stereocenters. The number of hydrogen-bond acceptors (Lipinski definition) is 5. The van der Waals surface area contributed by atoms with E-state index in [1.165, 1.54) is 0 Å². The van der Waals surface area contributed by atoms with Gasteiger partial charge in [-0.2, -0.15) is 0 Å². The zero-order chi connectivity index (χ0) is 21.5. The summed E-state index contributed by atoms with van der Waals surface area (Å²) in [6, 6.07) is 11.3. The Hall–Kier alpha value is -2.89. The third kappa shape index (κ3) is 4.64. The van der Waals surface area contributed by atoms with Crippen LogP contribution in [0.4, 0.5) is 0 Å². The van der Waals surface area contributed by atoms with Gasteiger partial charge in [-0.25, -0.2) is 0 Å². The summed E-state index contributed by atoms with van der Waals surface area (Å²) in [4.78, 5) is 14.9. The minimum absolute atomic E-state index is 0.158. The quantitative estimate of drug-likeness (QED) is 0.610. The molecule has 2 aromatic rings. The van der Waals surface area contributed by atoms with Gasteiger partial charge in [0.15, 0.2) is 23.0 Å². The summed E-state index contributed by atoms with van der Waals surface area (Å²) >= 11 is 0. The van der Waals surface area contributed by atoms with Gasteiger partial charge in [-0.1, -0.05) is 25.5 Å². The fraction of sp³-hybridized carbons (Fsp3) is 0.458. The molecule has 0 aromatic heterocycles. The van der Waals surface area contributed by atoms with Crippen LogP contribution in [0.1, 0.15) is 43.4 Å². The van der Waals surface area contributed by atoms with Crippen LogP contribution in [0.2, 0.25) is 0 Å². The van der Waals surface area contributed by atoms with Crippen molar-refractivity contribution < 1.29 is 23.7 Å². The number of carbonyl (C=O) groups excluding carboxylic acids is 1. The molecular formula is C24H31NO5. The van der Waals surface area contributed by atoms with Gasteiger partial charge in [-0.3, -0.25) is 4.79 Å². The van der Waals surface area contributed by atoms with Crippen molar-refractivity contribution in [2.45, 2.75) is 38.6 Å². The summed E-state index contributed by atoms with van der Waals surface area (Å²) < 4.78 is 22.5. The first kappa shape index (κ1) is 21.8. The smallest absolute Gasteiger partial charge is 0.223 e. The number of carbonyl (C=O) groups is 1. The Labute approximate surface area is 178 Å². The molecule has 0 saturated carbocycles. The molecule has 1 heterocycles. The maximum atomic E-state index is 13.0. The van der Waals surface area contributed by atoms with E-state index in [-0.39, 0.29) is 11.9 Å². The monoisotopic (exact) mass is 413 g/mol. The number of hydrogen-bond donors (Lipinski definition) is 0. The number of para-hydroxylation sites is 2. The molecule has 0 fully saturated rings. The summed E-state index contributed by atoms with van der Waals surface area (Å²) in [5.41, 5.74) is 2.19. The van der Waals surface area contributed by atoms with Gasteiger partial charge in [0.05, 0.1) is 27.4 Å². The van der Waals surface area contributed by atoms with E-state index in [0.717, 1.165) is 30.4 Å². The third-order valence-corrected chi connectivity index (χ3v) is 5.53. The Morgan fingerprint density at radius 3 is 2.33 bits per heavy atom. The average Bonchev–Trinajstić information content (AvgIpc) is 2.79. The average molecular weight is 414 g/mol. The molecule has 3 rings (SSSR count). The van der Waals surface area contributed by atoms with Crippen molar-refractivity contribution in [2.75, 3.05) is 34.5 Å². The van der Waals surface area contributed by atoms with Gasteiger partial charge in [0, 0.05) is 13.0 Å². The fourth-order valence-electron chi connectivity index (χ4n) is 3.88. The van der Waals surface area contributed by atoms with Crippen molar-refractivity contribution in [2.24, 2.45) is 0 Å². The molecule has 30 heavy (non-hydrogen) atoms. The second-order valence-electron chi connectivity index (χ2n) is 7.32. The molecule has 1 aliphatic rings. The lowest BCUT2D eigenvalue weighted by atomic mass is 9.91. The molecule has 6 nitrogen and oxygen atoms in total. The highest BCUT2D eigenvalue weighted by atomic mass is 16.5. The van der Waals surface area contributed by atoms with E-state index < -0.39 is 0 Å². The molecule has 1 amide bonds. The van der Waals surface area contributed by atoms with Crippen LogP contribution in [0, 0.1) is 0 Å². The van der Waals surface area contributed by atoms with Crippen molar-refractivity contribution in [1.29, 1.82) is 0 Å². The number of nitrogens with zero attached hydrogens (tertiary/aromatic N) is 1. The maximum Gasteiger partial charge on any atom is 0.223 e. The van der Waals surface area contributed by atoms with Crippen molar-refractivity contribution in [3.8, 4) is 23.0 Å². The van der Waals surface area contributed by atoms with E-state index in [0.29, 0.717) is 42.6 Å². The summed E-state index contributed by atoms with van der Waals surface area (Å²) in [5, 5.41) is 0. The van der Waals surface area contributed by atoms with E-state index >= 15 is 0 Å². The Balaban J connectivity index is 1.93. The zero-order valence-electron chi connectivity index (χ0n) is 18.3. The molecule has 162 valence electrons. The normalized spacial score (nSPS) is 15.3. The van der Waals surface area contributed by atoms with Gasteiger partial charge in [-0.05, 0) is 48.2 Å². The lowest BCUT2D eigenvalue weighted by Gasteiger charge is -2.37. The van der Waals surface area contributed by atoms with Gasteiger partial charge < -0.3 is 23.8 Å². The molecule has 1 aliphatic heterocycles. The highest BCUT2D eigenvalue weighted by molar-refractivity contribution is 5.77. The van der Waals surface area contributed by atoms with Gasteiger partial charge in [0.25, 0.3) is 0 Å². The Bertz CT molecular complexity index is 867. The molecule has 0 radical (unpaired) electrons. The summed E-state index contributed by atoms with van der Waals surface area (Å²) in [7, 11) is 4.88. The van der Waals surface area contributed by atoms with Gasteiger partial charge in [0.2, 0.25) is 5.91 Å². The largest absolute Gasteiger partial charge is 0.493 e. The van der Waals surface area contributed by atoms with Crippen LogP contribution in [0.15, 0.2) is 36.4 Å². The van der Waals surface area contributed by atoms with Crippen LogP contribution in [0.25, 0.3) is 0 Å². The van der Waals surface area contributed by atoms with Crippen molar-refractivity contribution in [1.82, 2.24) is 4.90 Å². The number of ether oxygens (including phenoxy) is 4. The van der Waals surface area contributed by atoms with E-state index in [4.69, 9.17) is 18.9 Å². The first-order valence-corrected chi connectivity index (χ1v) is 10.4. The molecule has 0 aliphatic carbocycles. The third-order valence-electron chi connectivity index (χ3n) is 5.53. The highest BCUT2D eigenvalue weighted by Gasteiger charge is 2.32. The van der Waals surface area contributed by atoms with Crippen molar-refractivity contribution in [3.05, 3.63) is 47.5 Å². The predicted molar refractivity (Wildman–Crippen MR) is 116 cm³/mol. The van der Waals surface area contributed by atoms with Crippen LogP contribution in [-0.2, 0) is 11.2 Å². The number of rotatable bonds is 9. The van der Waals surface area contributed by atoms with Gasteiger partial charge >= 0.3 is 0 Å². The second kappa shape index (κ2) is 10.2. The Morgan fingerprint density at radius 1 is 1.00 bits per heavy atom. The predicted octanol–water partition coefficient (Wildman–Crippen LogP) is 4.41. The molecule has 0 bridgehead atoms. The van der Waals surface area contributed by atoms with E-state index in [1.54, 1.807) is 21.3 Å². The molecule has 1 atom stereocenters. The molecular weight excluding hydrogens is 382 g/mol. The first-order valence-electron chi connectivity index (χ1n) is 10.4. The number of amides is 1. The SMILES string of the molecule is CCCCC(=O)N1CCc2cc(OC)c(OC)cc2C1COc1ccccc1OC. The van der Waals surface area contributed by atoms with Crippen LogP contribution >= 0.6 is 0 Å². The van der Waals surface area contributed by atoms with Crippen LogP contribution in [0.3, 0.4) is 0 Å². The molecule has 6 heteroatoms.